The number of carbonyl (C=O) groups is 1. The summed E-state index contributed by atoms with van der Waals surface area (Å²) in [4.78, 5) is 12.1. The van der Waals surface area contributed by atoms with E-state index in [1.165, 1.54) is 54.3 Å². The number of aromatic nitrogens is 2. The molecule has 112 valence electrons. The third-order valence-corrected chi connectivity index (χ3v) is 5.12. The predicted octanol–water partition coefficient (Wildman–Crippen LogP) is 4.64. The monoisotopic (exact) mass is 320 g/mol. The Labute approximate surface area is 134 Å². The molecule has 0 unspecified atom stereocenters. The highest BCUT2D eigenvalue weighted by Gasteiger charge is 2.08. The Morgan fingerprint density at radius 1 is 1.19 bits per heavy atom. The van der Waals surface area contributed by atoms with Gasteiger partial charge in [0.15, 0.2) is 10.1 Å². The molecule has 0 N–H and O–H groups in total. The third kappa shape index (κ3) is 5.59. The van der Waals surface area contributed by atoms with Gasteiger partial charge >= 0.3 is 0 Å². The van der Waals surface area contributed by atoms with Crippen LogP contribution in [0.5, 0.6) is 0 Å². The van der Waals surface area contributed by atoms with Gasteiger partial charge in [-0.25, -0.2) is 0 Å². The van der Waals surface area contributed by atoms with E-state index in [9.17, 15) is 4.79 Å². The Kier molecular flexibility index (Phi) is 6.89. The zero-order chi connectivity index (χ0) is 14.9. The van der Waals surface area contributed by atoms with Crippen LogP contribution in [-0.4, -0.2) is 21.7 Å². The normalized spacial score (nSPS) is 10.7. The number of thioether (sulfide) groups is 1. The number of Topliss-reactive ketones (excluding diaryl/α,β-unsaturated/α-hetero) is 1. The number of ketones is 1. The molecule has 0 atom stereocenters. The van der Waals surface area contributed by atoms with Gasteiger partial charge in [-0.15, -0.1) is 10.2 Å². The average molecular weight is 320 g/mol. The van der Waals surface area contributed by atoms with Gasteiger partial charge < -0.3 is 0 Å². The topological polar surface area (TPSA) is 42.9 Å². The molecule has 5 heteroatoms. The van der Waals surface area contributed by atoms with Gasteiger partial charge in [-0.05, 0) is 18.4 Å². The van der Waals surface area contributed by atoms with Crippen LogP contribution < -0.4 is 0 Å². The summed E-state index contributed by atoms with van der Waals surface area (Å²) in [6, 6.07) is 8.04. The molecule has 0 saturated carbocycles. The zero-order valence-corrected chi connectivity index (χ0v) is 13.9. The van der Waals surface area contributed by atoms with Crippen molar-refractivity contribution < 1.29 is 4.79 Å². The second kappa shape index (κ2) is 8.95. The Bertz CT molecular complexity index is 538. The lowest BCUT2D eigenvalue weighted by Gasteiger charge is -2.03. The molecule has 3 nitrogen and oxygen atoms in total. The summed E-state index contributed by atoms with van der Waals surface area (Å²) >= 11 is 2.91. The fourth-order valence-corrected chi connectivity index (χ4v) is 3.43. The molecule has 0 bridgehead atoms. The summed E-state index contributed by atoms with van der Waals surface area (Å²) in [5.41, 5.74) is 3.78. The van der Waals surface area contributed by atoms with Crippen molar-refractivity contribution in [3.8, 4) is 0 Å². The number of nitrogens with zero attached hydrogens (tertiary/aromatic N) is 2. The van der Waals surface area contributed by atoms with Crippen molar-refractivity contribution in [2.24, 2.45) is 0 Å². The van der Waals surface area contributed by atoms with Gasteiger partial charge in [-0.1, -0.05) is 73.6 Å². The van der Waals surface area contributed by atoms with Crippen molar-refractivity contribution in [3.05, 3.63) is 40.9 Å². The summed E-state index contributed by atoms with van der Waals surface area (Å²) < 4.78 is 0.843. The van der Waals surface area contributed by atoms with Crippen LogP contribution in [0.25, 0.3) is 0 Å². The van der Waals surface area contributed by atoms with Crippen LogP contribution in [0.15, 0.2) is 34.1 Å². The molecule has 0 fully saturated rings. The second-order valence-electron chi connectivity index (χ2n) is 4.92. The van der Waals surface area contributed by atoms with E-state index in [1.807, 2.05) is 12.1 Å². The number of unbranched alkanes of at least 4 members (excludes halogenated alkanes) is 3. The van der Waals surface area contributed by atoms with E-state index >= 15 is 0 Å². The first-order valence-electron chi connectivity index (χ1n) is 7.30. The second-order valence-corrected chi connectivity index (χ2v) is 6.98. The minimum absolute atomic E-state index is 0.146. The lowest BCUT2D eigenvalue weighted by Crippen LogP contribution is -2.02. The van der Waals surface area contributed by atoms with Gasteiger partial charge in [-0.2, -0.15) is 0 Å². The Morgan fingerprint density at radius 2 is 2.00 bits per heavy atom. The minimum atomic E-state index is 0.146. The van der Waals surface area contributed by atoms with Crippen molar-refractivity contribution in [2.45, 2.75) is 43.4 Å². The molecule has 1 heterocycles. The summed E-state index contributed by atoms with van der Waals surface area (Å²) in [6.07, 6.45) is 6.19. The van der Waals surface area contributed by atoms with Crippen molar-refractivity contribution in [3.63, 3.8) is 0 Å². The first kappa shape index (κ1) is 16.2. The van der Waals surface area contributed by atoms with Gasteiger partial charge in [0.1, 0.15) is 5.51 Å². The quantitative estimate of drug-likeness (QED) is 0.383. The Morgan fingerprint density at radius 3 is 2.67 bits per heavy atom. The molecular weight excluding hydrogens is 300 g/mol. The number of aryl methyl sites for hydroxylation is 1. The molecule has 0 aliphatic heterocycles. The maximum Gasteiger partial charge on any atom is 0.174 e. The summed E-state index contributed by atoms with van der Waals surface area (Å²) in [7, 11) is 0. The molecule has 0 aliphatic carbocycles. The van der Waals surface area contributed by atoms with Crippen molar-refractivity contribution in [2.75, 3.05) is 5.75 Å². The van der Waals surface area contributed by atoms with Gasteiger partial charge in [0.05, 0.1) is 5.75 Å². The number of carbonyl (C=O) groups excluding carboxylic acids is 1. The summed E-state index contributed by atoms with van der Waals surface area (Å²) in [5, 5.41) is 7.69. The molecule has 0 amide bonds. The highest BCUT2D eigenvalue weighted by atomic mass is 32.2. The standard InChI is InChI=1S/C16H20N2OS2/c1-2-3-4-5-6-13-7-9-14(10-8-13)15(19)11-20-16-18-17-12-21-16/h7-10,12H,2-6,11H2,1H3. The van der Waals surface area contributed by atoms with Crippen molar-refractivity contribution >= 4 is 28.9 Å². The van der Waals surface area contributed by atoms with E-state index in [1.54, 1.807) is 5.51 Å². The van der Waals surface area contributed by atoms with Crippen LogP contribution in [0.4, 0.5) is 0 Å². The fourth-order valence-electron chi connectivity index (χ4n) is 2.05. The fraction of sp³-hybridized carbons (Fsp3) is 0.438. The molecule has 0 radical (unpaired) electrons. The van der Waals surface area contributed by atoms with Crippen LogP contribution in [0, 0.1) is 0 Å². The van der Waals surface area contributed by atoms with Crippen LogP contribution >= 0.6 is 23.1 Å². The van der Waals surface area contributed by atoms with Crippen LogP contribution in [0.1, 0.15) is 48.5 Å². The van der Waals surface area contributed by atoms with Gasteiger partial charge in [0.2, 0.25) is 0 Å². The minimum Gasteiger partial charge on any atom is -0.293 e. The largest absolute Gasteiger partial charge is 0.293 e. The smallest absolute Gasteiger partial charge is 0.174 e. The number of hydrogen-bond acceptors (Lipinski definition) is 5. The predicted molar refractivity (Wildman–Crippen MR) is 89.3 cm³/mol. The number of hydrogen-bond donors (Lipinski definition) is 0. The lowest BCUT2D eigenvalue weighted by molar-refractivity contribution is 0.102. The molecule has 0 saturated heterocycles. The number of benzene rings is 1. The van der Waals surface area contributed by atoms with E-state index in [0.29, 0.717) is 5.75 Å². The average Bonchev–Trinajstić information content (AvgIpc) is 3.03. The first-order valence-corrected chi connectivity index (χ1v) is 9.17. The molecule has 1 aromatic carbocycles. The Hall–Kier alpha value is -1.20. The zero-order valence-electron chi connectivity index (χ0n) is 12.2. The SMILES string of the molecule is CCCCCCc1ccc(C(=O)CSc2nncs2)cc1. The van der Waals surface area contributed by atoms with E-state index < -0.39 is 0 Å². The van der Waals surface area contributed by atoms with Crippen molar-refractivity contribution in [1.82, 2.24) is 10.2 Å². The van der Waals surface area contributed by atoms with Crippen molar-refractivity contribution in [1.29, 1.82) is 0 Å². The molecule has 2 aromatic rings. The molecular formula is C16H20N2OS2. The highest BCUT2D eigenvalue weighted by molar-refractivity contribution is 8.01. The number of rotatable bonds is 9. The third-order valence-electron chi connectivity index (χ3n) is 3.26. The van der Waals surface area contributed by atoms with E-state index in [2.05, 4.69) is 29.3 Å². The lowest BCUT2D eigenvalue weighted by atomic mass is 10.0. The van der Waals surface area contributed by atoms with Crippen LogP contribution in [0.3, 0.4) is 0 Å². The maximum atomic E-state index is 12.1. The van der Waals surface area contributed by atoms with Crippen LogP contribution in [0.2, 0.25) is 0 Å². The van der Waals surface area contributed by atoms with Gasteiger partial charge in [0.25, 0.3) is 0 Å². The molecule has 2 rings (SSSR count). The van der Waals surface area contributed by atoms with Gasteiger partial charge in [0, 0.05) is 5.56 Å². The molecule has 0 spiro atoms. The van der Waals surface area contributed by atoms with E-state index in [4.69, 9.17) is 0 Å². The highest BCUT2D eigenvalue weighted by Crippen LogP contribution is 2.20. The molecule has 1 aromatic heterocycles. The van der Waals surface area contributed by atoms with E-state index in [0.717, 1.165) is 16.3 Å². The first-order chi connectivity index (χ1) is 10.3. The van der Waals surface area contributed by atoms with E-state index in [-0.39, 0.29) is 5.78 Å². The Balaban J connectivity index is 1.79. The maximum absolute atomic E-state index is 12.1. The summed E-state index contributed by atoms with van der Waals surface area (Å²) in [5.74, 6) is 0.568. The molecule has 0 aliphatic rings. The summed E-state index contributed by atoms with van der Waals surface area (Å²) in [6.45, 7) is 2.22. The van der Waals surface area contributed by atoms with Crippen LogP contribution in [-0.2, 0) is 6.42 Å². The molecule has 21 heavy (non-hydrogen) atoms. The van der Waals surface area contributed by atoms with Gasteiger partial charge in [-0.3, -0.25) is 4.79 Å².